The monoisotopic (exact) mass is 315 g/mol. The summed E-state index contributed by atoms with van der Waals surface area (Å²) >= 11 is -1.18. The molecule has 0 aromatic carbocycles. The first kappa shape index (κ1) is 18.9. The molecule has 3 atom stereocenters. The molecule has 0 radical (unpaired) electrons. The van der Waals surface area contributed by atoms with Crippen molar-refractivity contribution in [3.8, 4) is 0 Å². The predicted molar refractivity (Wildman–Crippen MR) is 91.4 cm³/mol. The molecule has 1 aliphatic heterocycles. The predicted octanol–water partition coefficient (Wildman–Crippen LogP) is 4.10. The summed E-state index contributed by atoms with van der Waals surface area (Å²) in [5.41, 5.74) is 5.84. The number of nitrogens with two attached hydrogens (primary N) is 1. The number of hydrogen-bond donors (Lipinski definition) is 1. The summed E-state index contributed by atoms with van der Waals surface area (Å²) < 4.78 is 16.4. The van der Waals surface area contributed by atoms with Crippen LogP contribution < -0.4 is 5.73 Å². The molecule has 21 heavy (non-hydrogen) atoms. The minimum Gasteiger partial charge on any atom is -0.324 e. The average molecular weight is 316 g/mol. The van der Waals surface area contributed by atoms with Gasteiger partial charge in [0.1, 0.15) is 6.10 Å². The van der Waals surface area contributed by atoms with Crippen LogP contribution in [0.1, 0.15) is 71.6 Å². The van der Waals surface area contributed by atoms with E-state index in [0.29, 0.717) is 5.75 Å². The Balaban J connectivity index is 1.87. The molecule has 3 nitrogen and oxygen atoms in total. The van der Waals surface area contributed by atoms with Crippen LogP contribution in [0.4, 0.5) is 0 Å². The highest BCUT2D eigenvalue weighted by Gasteiger charge is 2.28. The van der Waals surface area contributed by atoms with Gasteiger partial charge in [0.15, 0.2) is 11.1 Å². The highest BCUT2D eigenvalue weighted by molar-refractivity contribution is 7.80. The Kier molecular flexibility index (Phi) is 10.2. The molecule has 0 aromatic rings. The zero-order chi connectivity index (χ0) is 15.5. The summed E-state index contributed by atoms with van der Waals surface area (Å²) in [5, 5.41) is 0. The fraction of sp³-hybridized carbons (Fsp3) is 0.882. The smallest absolute Gasteiger partial charge is 0.157 e. The molecular weight excluding hydrogens is 282 g/mol. The van der Waals surface area contributed by atoms with Gasteiger partial charge in [-0.15, -0.1) is 0 Å². The SMILES string of the molecule is CC(C)CCCCCCCCC/C=C/[C@H]1O[S@](=O)C[C@@H]1N. The first-order chi connectivity index (χ1) is 10.1. The van der Waals surface area contributed by atoms with E-state index in [2.05, 4.69) is 19.9 Å². The lowest BCUT2D eigenvalue weighted by molar-refractivity contribution is 0.283. The topological polar surface area (TPSA) is 52.3 Å². The van der Waals surface area contributed by atoms with E-state index in [1.165, 1.54) is 51.4 Å². The van der Waals surface area contributed by atoms with Crippen LogP contribution in [0.3, 0.4) is 0 Å². The fourth-order valence-corrected chi connectivity index (χ4v) is 3.63. The highest BCUT2D eigenvalue weighted by Crippen LogP contribution is 2.15. The molecule has 0 aromatic heterocycles. The maximum absolute atomic E-state index is 11.2. The number of allylic oxidation sites excluding steroid dienone is 1. The normalized spacial score (nSPS) is 26.2. The van der Waals surface area contributed by atoms with Gasteiger partial charge in [0.25, 0.3) is 0 Å². The summed E-state index contributed by atoms with van der Waals surface area (Å²) in [7, 11) is 0. The quantitative estimate of drug-likeness (QED) is 0.461. The van der Waals surface area contributed by atoms with Crippen molar-refractivity contribution in [2.24, 2.45) is 11.7 Å². The number of unbranched alkanes of at least 4 members (excludes halogenated alkanes) is 7. The third kappa shape index (κ3) is 9.43. The Hall–Kier alpha value is -0.190. The second kappa shape index (κ2) is 11.4. The molecule has 2 N–H and O–H groups in total. The van der Waals surface area contributed by atoms with Gasteiger partial charge >= 0.3 is 0 Å². The second-order valence-corrected chi connectivity index (χ2v) is 7.70. The van der Waals surface area contributed by atoms with Crippen molar-refractivity contribution in [2.75, 3.05) is 5.75 Å². The molecule has 0 bridgehead atoms. The van der Waals surface area contributed by atoms with Crippen LogP contribution in [0.2, 0.25) is 0 Å². The molecule has 1 heterocycles. The molecule has 1 saturated heterocycles. The summed E-state index contributed by atoms with van der Waals surface area (Å²) in [6.07, 6.45) is 15.9. The summed E-state index contributed by atoms with van der Waals surface area (Å²) in [5.74, 6) is 1.32. The van der Waals surface area contributed by atoms with Crippen LogP contribution in [0, 0.1) is 5.92 Å². The minimum atomic E-state index is -1.18. The van der Waals surface area contributed by atoms with Crippen molar-refractivity contribution in [1.82, 2.24) is 0 Å². The van der Waals surface area contributed by atoms with Gasteiger partial charge in [0.05, 0.1) is 5.75 Å². The van der Waals surface area contributed by atoms with E-state index < -0.39 is 11.1 Å². The average Bonchev–Trinajstić information content (AvgIpc) is 2.74. The molecule has 1 aliphatic rings. The highest BCUT2D eigenvalue weighted by atomic mass is 32.2. The maximum atomic E-state index is 11.2. The zero-order valence-corrected chi connectivity index (χ0v) is 14.6. The van der Waals surface area contributed by atoms with Gasteiger partial charge < -0.3 is 5.73 Å². The van der Waals surface area contributed by atoms with Crippen molar-refractivity contribution in [2.45, 2.75) is 83.8 Å². The van der Waals surface area contributed by atoms with Gasteiger partial charge in [0.2, 0.25) is 0 Å². The first-order valence-corrected chi connectivity index (χ1v) is 9.81. The standard InChI is InChI=1S/C17H33NO2S/c1-15(2)12-10-8-6-4-3-5-7-9-11-13-17-16(18)14-21(19)20-17/h11,13,15-17H,3-10,12,14,18H2,1-2H3/b13-11+/t16-,17+,21-/m0/s1. The van der Waals surface area contributed by atoms with Gasteiger partial charge in [-0.25, -0.2) is 4.21 Å². The van der Waals surface area contributed by atoms with E-state index in [4.69, 9.17) is 9.92 Å². The Morgan fingerprint density at radius 1 is 1.14 bits per heavy atom. The number of hydrogen-bond acceptors (Lipinski definition) is 3. The summed E-state index contributed by atoms with van der Waals surface area (Å²) in [4.78, 5) is 0. The molecule has 0 amide bonds. The Bertz CT molecular complexity index is 318. The molecule has 1 rings (SSSR count). The van der Waals surface area contributed by atoms with Crippen LogP contribution in [0.25, 0.3) is 0 Å². The molecular formula is C17H33NO2S. The lowest BCUT2D eigenvalue weighted by Gasteiger charge is -2.06. The number of rotatable bonds is 11. The van der Waals surface area contributed by atoms with Crippen LogP contribution in [-0.2, 0) is 15.3 Å². The van der Waals surface area contributed by atoms with Gasteiger partial charge in [-0.05, 0) is 18.8 Å². The minimum absolute atomic E-state index is 0.104. The van der Waals surface area contributed by atoms with Crippen LogP contribution in [0.15, 0.2) is 12.2 Å². The van der Waals surface area contributed by atoms with E-state index in [9.17, 15) is 4.21 Å². The van der Waals surface area contributed by atoms with Crippen LogP contribution in [0.5, 0.6) is 0 Å². The van der Waals surface area contributed by atoms with Crippen molar-refractivity contribution < 1.29 is 8.39 Å². The Morgan fingerprint density at radius 2 is 1.76 bits per heavy atom. The zero-order valence-electron chi connectivity index (χ0n) is 13.8. The lowest BCUT2D eigenvalue weighted by Crippen LogP contribution is -2.30. The van der Waals surface area contributed by atoms with Crippen molar-refractivity contribution in [3.63, 3.8) is 0 Å². The van der Waals surface area contributed by atoms with Crippen LogP contribution >= 0.6 is 0 Å². The van der Waals surface area contributed by atoms with E-state index in [0.717, 1.165) is 12.3 Å². The van der Waals surface area contributed by atoms with Crippen molar-refractivity contribution in [1.29, 1.82) is 0 Å². The van der Waals surface area contributed by atoms with Gasteiger partial charge in [-0.1, -0.05) is 70.9 Å². The summed E-state index contributed by atoms with van der Waals surface area (Å²) in [6.45, 7) is 4.60. The van der Waals surface area contributed by atoms with Gasteiger partial charge in [-0.3, -0.25) is 4.18 Å². The molecule has 0 saturated carbocycles. The molecule has 1 fully saturated rings. The second-order valence-electron chi connectivity index (χ2n) is 6.57. The third-order valence-electron chi connectivity index (χ3n) is 3.95. The Morgan fingerprint density at radius 3 is 2.33 bits per heavy atom. The van der Waals surface area contributed by atoms with E-state index in [1.54, 1.807) is 0 Å². The maximum Gasteiger partial charge on any atom is 0.157 e. The van der Waals surface area contributed by atoms with E-state index in [1.807, 2.05) is 6.08 Å². The van der Waals surface area contributed by atoms with Gasteiger partial charge in [0, 0.05) is 6.04 Å². The molecule has 0 spiro atoms. The Labute approximate surface area is 133 Å². The van der Waals surface area contributed by atoms with Crippen molar-refractivity contribution >= 4 is 11.1 Å². The molecule has 4 heteroatoms. The largest absolute Gasteiger partial charge is 0.324 e. The van der Waals surface area contributed by atoms with E-state index in [-0.39, 0.29) is 12.1 Å². The fourth-order valence-electron chi connectivity index (χ4n) is 2.59. The van der Waals surface area contributed by atoms with E-state index >= 15 is 0 Å². The third-order valence-corrected chi connectivity index (χ3v) is 5.04. The first-order valence-electron chi connectivity index (χ1n) is 8.57. The molecule has 0 aliphatic carbocycles. The van der Waals surface area contributed by atoms with Crippen LogP contribution in [-0.4, -0.2) is 22.1 Å². The summed E-state index contributed by atoms with van der Waals surface area (Å²) in [6, 6.07) is -0.104. The van der Waals surface area contributed by atoms with Gasteiger partial charge in [-0.2, -0.15) is 0 Å². The lowest BCUT2D eigenvalue weighted by atomic mass is 10.0. The molecule has 0 unspecified atom stereocenters. The molecule has 124 valence electrons. The van der Waals surface area contributed by atoms with Crippen molar-refractivity contribution in [3.05, 3.63) is 12.2 Å².